The smallest absolute Gasteiger partial charge is 0.407 e. The van der Waals surface area contributed by atoms with Crippen molar-refractivity contribution >= 4 is 12.0 Å². The summed E-state index contributed by atoms with van der Waals surface area (Å²) in [7, 11) is 3.27. The van der Waals surface area contributed by atoms with E-state index in [1.54, 1.807) is 19.1 Å². The van der Waals surface area contributed by atoms with E-state index in [0.29, 0.717) is 31.0 Å². The Bertz CT molecular complexity index is 950. The number of alkyl carbamates (subject to hydrolysis) is 1. The van der Waals surface area contributed by atoms with E-state index in [0.717, 1.165) is 19.5 Å². The van der Waals surface area contributed by atoms with Crippen LogP contribution in [-0.2, 0) is 16.0 Å². The normalized spacial score (nSPS) is 26.7. The Kier molecular flexibility index (Phi) is 7.45. The summed E-state index contributed by atoms with van der Waals surface area (Å²) in [4.78, 5) is 29.5. The van der Waals surface area contributed by atoms with Gasteiger partial charge in [-0.3, -0.25) is 14.1 Å². The summed E-state index contributed by atoms with van der Waals surface area (Å²) in [5.41, 5.74) is 1.79. The Hall–Kier alpha value is -2.55. The average Bonchev–Trinajstić information content (AvgIpc) is 3.16. The fourth-order valence-corrected chi connectivity index (χ4v) is 5.67. The molecule has 1 aromatic carbocycles. The SMILES string of the molecule is COc1cc2c(cc1OC)C1C[C@H](NC(=O)OC(C)(C)C)[C@@H](CN3C[C@@H](CF)CC3=O)CN1CC2. The predicted octanol–water partition coefficient (Wildman–Crippen LogP) is 3.33. The maximum absolute atomic E-state index is 13.2. The van der Waals surface area contributed by atoms with Gasteiger partial charge in [-0.2, -0.15) is 0 Å². The Morgan fingerprint density at radius 3 is 2.51 bits per heavy atom. The first-order chi connectivity index (χ1) is 16.6. The molecule has 0 aromatic heterocycles. The van der Waals surface area contributed by atoms with Crippen LogP contribution >= 0.6 is 0 Å². The lowest BCUT2D eigenvalue weighted by Crippen LogP contribution is -2.57. The molecular weight excluding hydrogens is 453 g/mol. The molecule has 3 aliphatic rings. The van der Waals surface area contributed by atoms with E-state index < -0.39 is 18.4 Å². The number of hydrogen-bond donors (Lipinski definition) is 1. The molecule has 1 aromatic rings. The van der Waals surface area contributed by atoms with Crippen molar-refractivity contribution in [1.29, 1.82) is 0 Å². The molecule has 35 heavy (non-hydrogen) atoms. The van der Waals surface area contributed by atoms with Crippen molar-refractivity contribution < 1.29 is 28.2 Å². The standard InChI is InChI=1S/C26H38FN3O5/c1-26(2,3)35-25(32)28-20-11-21-19-10-23(34-5)22(33-4)9-17(19)6-7-29(21)14-18(20)15-30-13-16(12-27)8-24(30)31/h9-10,16,18,20-21H,6-8,11-15H2,1-5H3,(H,28,32)/t16-,18-,20+,21?/m1/s1. The van der Waals surface area contributed by atoms with Crippen molar-refractivity contribution in [3.05, 3.63) is 23.3 Å². The highest BCUT2D eigenvalue weighted by Gasteiger charge is 2.42. The van der Waals surface area contributed by atoms with E-state index in [1.165, 1.54) is 11.1 Å². The van der Waals surface area contributed by atoms with Gasteiger partial charge in [0.2, 0.25) is 5.91 Å². The molecule has 0 radical (unpaired) electrons. The molecule has 8 nitrogen and oxygen atoms in total. The van der Waals surface area contributed by atoms with Gasteiger partial charge in [0.05, 0.1) is 20.9 Å². The number of hydrogen-bond acceptors (Lipinski definition) is 6. The Labute approximate surface area is 207 Å². The third-order valence-electron chi connectivity index (χ3n) is 7.30. The van der Waals surface area contributed by atoms with Gasteiger partial charge in [0, 0.05) is 56.5 Å². The molecule has 3 aliphatic heterocycles. The second kappa shape index (κ2) is 10.2. The zero-order chi connectivity index (χ0) is 25.3. The fraction of sp³-hybridized carbons (Fsp3) is 0.692. The van der Waals surface area contributed by atoms with Crippen LogP contribution in [-0.4, -0.2) is 80.5 Å². The molecule has 4 rings (SSSR count). The quantitative estimate of drug-likeness (QED) is 0.658. The number of nitrogens with one attached hydrogen (secondary N) is 1. The number of piperidine rings is 1. The number of benzene rings is 1. The average molecular weight is 492 g/mol. The summed E-state index contributed by atoms with van der Waals surface area (Å²) < 4.78 is 29.8. The lowest BCUT2D eigenvalue weighted by Gasteiger charge is -2.48. The first kappa shape index (κ1) is 25.5. The molecule has 1 unspecified atom stereocenters. The van der Waals surface area contributed by atoms with Gasteiger partial charge in [0.25, 0.3) is 0 Å². The van der Waals surface area contributed by atoms with Crippen molar-refractivity contribution in [3.8, 4) is 11.5 Å². The Balaban J connectivity index is 1.58. The highest BCUT2D eigenvalue weighted by Crippen LogP contribution is 2.43. The first-order valence-electron chi connectivity index (χ1n) is 12.4. The van der Waals surface area contributed by atoms with E-state index in [-0.39, 0.29) is 36.2 Å². The van der Waals surface area contributed by atoms with Gasteiger partial charge >= 0.3 is 6.09 Å². The van der Waals surface area contributed by atoms with Crippen LogP contribution in [0.3, 0.4) is 0 Å². The van der Waals surface area contributed by atoms with Crippen molar-refractivity contribution in [1.82, 2.24) is 15.1 Å². The topological polar surface area (TPSA) is 80.3 Å². The van der Waals surface area contributed by atoms with E-state index in [9.17, 15) is 14.0 Å². The van der Waals surface area contributed by atoms with Crippen molar-refractivity contribution in [2.24, 2.45) is 11.8 Å². The molecule has 3 heterocycles. The van der Waals surface area contributed by atoms with E-state index >= 15 is 0 Å². The molecule has 2 amide bonds. The summed E-state index contributed by atoms with van der Waals surface area (Å²) in [6.45, 7) is 7.57. The first-order valence-corrected chi connectivity index (χ1v) is 12.4. The zero-order valence-electron chi connectivity index (χ0n) is 21.4. The molecule has 0 aliphatic carbocycles. The van der Waals surface area contributed by atoms with Crippen LogP contribution in [0.25, 0.3) is 0 Å². The van der Waals surface area contributed by atoms with Crippen LogP contribution in [0.2, 0.25) is 0 Å². The largest absolute Gasteiger partial charge is 0.493 e. The molecule has 2 saturated heterocycles. The zero-order valence-corrected chi connectivity index (χ0v) is 21.4. The van der Waals surface area contributed by atoms with Crippen LogP contribution in [0, 0.1) is 11.8 Å². The fourth-order valence-electron chi connectivity index (χ4n) is 5.67. The molecule has 194 valence electrons. The van der Waals surface area contributed by atoms with Crippen LogP contribution < -0.4 is 14.8 Å². The lowest BCUT2D eigenvalue weighted by molar-refractivity contribution is -0.128. The van der Waals surface area contributed by atoms with Crippen molar-refractivity contribution in [2.45, 2.75) is 57.7 Å². The second-order valence-corrected chi connectivity index (χ2v) is 10.9. The molecule has 4 atom stereocenters. The number of ether oxygens (including phenoxy) is 3. The van der Waals surface area contributed by atoms with E-state index in [4.69, 9.17) is 14.2 Å². The number of methoxy groups -OCH3 is 2. The van der Waals surface area contributed by atoms with Gasteiger partial charge < -0.3 is 24.4 Å². The van der Waals surface area contributed by atoms with Gasteiger partial charge in [0.15, 0.2) is 11.5 Å². The van der Waals surface area contributed by atoms with Gasteiger partial charge in [-0.25, -0.2) is 4.79 Å². The molecule has 2 fully saturated rings. The monoisotopic (exact) mass is 491 g/mol. The van der Waals surface area contributed by atoms with Crippen molar-refractivity contribution in [3.63, 3.8) is 0 Å². The third-order valence-corrected chi connectivity index (χ3v) is 7.30. The maximum Gasteiger partial charge on any atom is 0.407 e. The minimum Gasteiger partial charge on any atom is -0.493 e. The van der Waals surface area contributed by atoms with Gasteiger partial charge in [0.1, 0.15) is 5.60 Å². The predicted molar refractivity (Wildman–Crippen MR) is 129 cm³/mol. The summed E-state index contributed by atoms with van der Waals surface area (Å²) in [5, 5.41) is 3.10. The maximum atomic E-state index is 13.2. The minimum absolute atomic E-state index is 0.00777. The summed E-state index contributed by atoms with van der Waals surface area (Å²) >= 11 is 0. The number of alkyl halides is 1. The lowest BCUT2D eigenvalue weighted by atomic mass is 9.80. The summed E-state index contributed by atoms with van der Waals surface area (Å²) in [5.74, 6) is 1.17. The number of carbonyl (C=O) groups excluding carboxylic acids is 2. The second-order valence-electron chi connectivity index (χ2n) is 10.9. The molecular formula is C26H38FN3O5. The number of amides is 2. The molecule has 0 bridgehead atoms. The molecule has 9 heteroatoms. The number of nitrogens with zero attached hydrogens (tertiary/aromatic N) is 2. The Morgan fingerprint density at radius 1 is 1.17 bits per heavy atom. The number of fused-ring (bicyclic) bond motifs is 3. The van der Waals surface area contributed by atoms with Gasteiger partial charge in [-0.1, -0.05) is 0 Å². The molecule has 0 spiro atoms. The highest BCUT2D eigenvalue weighted by atomic mass is 19.1. The summed E-state index contributed by atoms with van der Waals surface area (Å²) in [6, 6.07) is 4.00. The van der Waals surface area contributed by atoms with Crippen LogP contribution in [0.5, 0.6) is 11.5 Å². The number of carbonyl (C=O) groups is 2. The summed E-state index contributed by atoms with van der Waals surface area (Å²) in [6.07, 6.45) is 1.37. The Morgan fingerprint density at radius 2 is 1.89 bits per heavy atom. The highest BCUT2D eigenvalue weighted by molar-refractivity contribution is 5.78. The van der Waals surface area contributed by atoms with Gasteiger partial charge in [-0.05, 0) is 56.9 Å². The number of likely N-dealkylation sites (tertiary alicyclic amines) is 1. The van der Waals surface area contributed by atoms with Crippen LogP contribution in [0.15, 0.2) is 12.1 Å². The van der Waals surface area contributed by atoms with Crippen LogP contribution in [0.1, 0.15) is 50.8 Å². The van der Waals surface area contributed by atoms with Gasteiger partial charge in [-0.15, -0.1) is 0 Å². The number of halogens is 1. The van der Waals surface area contributed by atoms with Crippen LogP contribution in [0.4, 0.5) is 9.18 Å². The number of rotatable bonds is 6. The van der Waals surface area contributed by atoms with Crippen molar-refractivity contribution in [2.75, 3.05) is 47.1 Å². The van der Waals surface area contributed by atoms with E-state index in [2.05, 4.69) is 10.2 Å². The molecule has 0 saturated carbocycles. The molecule has 1 N–H and O–H groups in total. The third kappa shape index (κ3) is 5.66. The van der Waals surface area contributed by atoms with E-state index in [1.807, 2.05) is 32.9 Å². The minimum atomic E-state index is -0.610.